The summed E-state index contributed by atoms with van der Waals surface area (Å²) in [5, 5.41) is 12.9. The molecule has 0 amide bonds. The summed E-state index contributed by atoms with van der Waals surface area (Å²) in [6, 6.07) is 0.539. The minimum absolute atomic E-state index is 0.122. The quantitative estimate of drug-likeness (QED) is 0.778. The number of nitrogens with zero attached hydrogens (tertiary/aromatic N) is 1. The fourth-order valence-corrected chi connectivity index (χ4v) is 3.03. The van der Waals surface area contributed by atoms with Crippen molar-refractivity contribution in [2.24, 2.45) is 0 Å². The molecule has 1 fully saturated rings. The number of hydrogen-bond acceptors (Lipinski definition) is 3. The molecule has 0 bridgehead atoms. The Bertz CT molecular complexity index is 328. The van der Waals surface area contributed by atoms with E-state index in [-0.39, 0.29) is 11.6 Å². The van der Waals surface area contributed by atoms with Gasteiger partial charge in [0.05, 0.1) is 0 Å². The van der Waals surface area contributed by atoms with Gasteiger partial charge in [-0.25, -0.2) is 0 Å². The van der Waals surface area contributed by atoms with Crippen LogP contribution in [0.25, 0.3) is 0 Å². The summed E-state index contributed by atoms with van der Waals surface area (Å²) in [5.41, 5.74) is -0.617. The normalized spacial score (nSPS) is 28.3. The third-order valence-corrected chi connectivity index (χ3v) is 4.83. The van der Waals surface area contributed by atoms with Crippen LogP contribution in [0.5, 0.6) is 0 Å². The van der Waals surface area contributed by atoms with E-state index in [1.165, 1.54) is 0 Å². The van der Waals surface area contributed by atoms with E-state index < -0.39 is 11.5 Å². The molecule has 112 valence electrons. The third-order valence-electron chi connectivity index (χ3n) is 4.83. The molecule has 0 saturated heterocycles. The predicted octanol–water partition coefficient (Wildman–Crippen LogP) is 2.48. The van der Waals surface area contributed by atoms with Gasteiger partial charge in [0.1, 0.15) is 5.54 Å². The van der Waals surface area contributed by atoms with Crippen LogP contribution in [0, 0.1) is 0 Å². The van der Waals surface area contributed by atoms with E-state index >= 15 is 0 Å². The average Bonchev–Trinajstić information content (AvgIpc) is 2.72. The minimum atomic E-state index is -0.739. The Morgan fingerprint density at radius 2 is 2.11 bits per heavy atom. The highest BCUT2D eigenvalue weighted by atomic mass is 16.4. The molecule has 0 radical (unpaired) electrons. The van der Waals surface area contributed by atoms with Gasteiger partial charge in [-0.2, -0.15) is 0 Å². The van der Waals surface area contributed by atoms with Crippen molar-refractivity contribution in [1.29, 1.82) is 0 Å². The summed E-state index contributed by atoms with van der Waals surface area (Å²) in [7, 11) is 2.13. The molecule has 1 aliphatic carbocycles. The van der Waals surface area contributed by atoms with Gasteiger partial charge in [0, 0.05) is 17.6 Å². The molecule has 0 aromatic rings. The van der Waals surface area contributed by atoms with E-state index in [1.807, 2.05) is 13.8 Å². The molecule has 2 atom stereocenters. The predicted molar refractivity (Wildman–Crippen MR) is 78.4 cm³/mol. The lowest BCUT2D eigenvalue weighted by Gasteiger charge is -2.40. The number of carbonyl (C=O) groups is 1. The first-order chi connectivity index (χ1) is 8.64. The molecule has 0 aliphatic heterocycles. The molecular weight excluding hydrogens is 240 g/mol. The van der Waals surface area contributed by atoms with Crippen molar-refractivity contribution in [2.45, 2.75) is 83.5 Å². The van der Waals surface area contributed by atoms with Crippen LogP contribution in [0.1, 0.15) is 60.3 Å². The van der Waals surface area contributed by atoms with Crippen molar-refractivity contribution in [3.63, 3.8) is 0 Å². The molecule has 4 nitrogen and oxygen atoms in total. The summed E-state index contributed by atoms with van der Waals surface area (Å²) < 4.78 is 0. The smallest absolute Gasteiger partial charge is 0.323 e. The molecule has 1 aliphatic rings. The van der Waals surface area contributed by atoms with Crippen molar-refractivity contribution in [1.82, 2.24) is 10.2 Å². The number of nitrogens with one attached hydrogen (secondary N) is 1. The van der Waals surface area contributed by atoms with Gasteiger partial charge in [-0.05, 0) is 60.4 Å². The monoisotopic (exact) mass is 270 g/mol. The molecule has 2 N–H and O–H groups in total. The van der Waals surface area contributed by atoms with Gasteiger partial charge in [0.25, 0.3) is 0 Å². The first kappa shape index (κ1) is 16.4. The Morgan fingerprint density at radius 3 is 2.53 bits per heavy atom. The molecule has 19 heavy (non-hydrogen) atoms. The van der Waals surface area contributed by atoms with E-state index in [2.05, 4.69) is 38.0 Å². The van der Waals surface area contributed by atoms with Crippen LogP contribution in [0.2, 0.25) is 0 Å². The van der Waals surface area contributed by atoms with Gasteiger partial charge >= 0.3 is 5.97 Å². The Kier molecular flexibility index (Phi) is 5.02. The molecule has 2 unspecified atom stereocenters. The molecule has 1 rings (SSSR count). The molecule has 4 heteroatoms. The fourth-order valence-electron chi connectivity index (χ4n) is 3.03. The van der Waals surface area contributed by atoms with Crippen LogP contribution in [-0.2, 0) is 4.79 Å². The Hall–Kier alpha value is -0.610. The minimum Gasteiger partial charge on any atom is -0.480 e. The van der Waals surface area contributed by atoms with Gasteiger partial charge in [-0.1, -0.05) is 6.92 Å². The second kappa shape index (κ2) is 5.80. The Morgan fingerprint density at radius 1 is 1.53 bits per heavy atom. The summed E-state index contributed by atoms with van der Waals surface area (Å²) >= 11 is 0. The van der Waals surface area contributed by atoms with Crippen LogP contribution in [0.3, 0.4) is 0 Å². The highest BCUT2D eigenvalue weighted by Crippen LogP contribution is 2.36. The molecular formula is C15H30N2O2. The third kappa shape index (κ3) is 3.48. The maximum absolute atomic E-state index is 11.7. The number of aliphatic carboxylic acids is 1. The summed E-state index contributed by atoms with van der Waals surface area (Å²) in [6.07, 6.45) is 3.43. The maximum atomic E-state index is 11.7. The SMILES string of the molecule is CCC(C)(C)N(C)C1CCC(NC(C)C)(C(=O)O)C1. The van der Waals surface area contributed by atoms with Crippen molar-refractivity contribution >= 4 is 5.97 Å². The summed E-state index contributed by atoms with van der Waals surface area (Å²) in [6.45, 7) is 10.7. The average molecular weight is 270 g/mol. The Balaban J connectivity index is 2.82. The van der Waals surface area contributed by atoms with E-state index in [4.69, 9.17) is 0 Å². The van der Waals surface area contributed by atoms with Gasteiger partial charge in [-0.3, -0.25) is 15.0 Å². The van der Waals surface area contributed by atoms with Crippen LogP contribution in [0.15, 0.2) is 0 Å². The van der Waals surface area contributed by atoms with Crippen molar-refractivity contribution < 1.29 is 9.90 Å². The summed E-state index contributed by atoms with van der Waals surface area (Å²) in [4.78, 5) is 14.0. The fraction of sp³-hybridized carbons (Fsp3) is 0.933. The molecule has 1 saturated carbocycles. The maximum Gasteiger partial charge on any atom is 0.323 e. The lowest BCUT2D eigenvalue weighted by molar-refractivity contribution is -0.145. The highest BCUT2D eigenvalue weighted by molar-refractivity contribution is 5.79. The lowest BCUT2D eigenvalue weighted by Crippen LogP contribution is -2.54. The number of carboxylic acids is 1. The van der Waals surface area contributed by atoms with Crippen LogP contribution in [0.4, 0.5) is 0 Å². The van der Waals surface area contributed by atoms with Gasteiger partial charge < -0.3 is 5.11 Å². The zero-order valence-electron chi connectivity index (χ0n) is 13.3. The van der Waals surface area contributed by atoms with E-state index in [9.17, 15) is 9.90 Å². The van der Waals surface area contributed by atoms with Crippen LogP contribution >= 0.6 is 0 Å². The van der Waals surface area contributed by atoms with Gasteiger partial charge in [0.2, 0.25) is 0 Å². The molecule has 0 aromatic heterocycles. The second-order valence-corrected chi connectivity index (χ2v) is 6.86. The van der Waals surface area contributed by atoms with E-state index in [1.54, 1.807) is 0 Å². The molecule has 0 spiro atoms. The first-order valence-corrected chi connectivity index (χ1v) is 7.38. The van der Waals surface area contributed by atoms with Crippen LogP contribution < -0.4 is 5.32 Å². The largest absolute Gasteiger partial charge is 0.480 e. The molecule has 0 heterocycles. The van der Waals surface area contributed by atoms with Gasteiger partial charge in [0.15, 0.2) is 0 Å². The van der Waals surface area contributed by atoms with Crippen molar-refractivity contribution in [3.8, 4) is 0 Å². The zero-order valence-corrected chi connectivity index (χ0v) is 13.3. The molecule has 0 aromatic carbocycles. The lowest BCUT2D eigenvalue weighted by atomic mass is 9.94. The van der Waals surface area contributed by atoms with E-state index in [0.717, 1.165) is 19.3 Å². The topological polar surface area (TPSA) is 52.6 Å². The van der Waals surface area contributed by atoms with Crippen LogP contribution in [-0.4, -0.2) is 46.2 Å². The van der Waals surface area contributed by atoms with Crippen molar-refractivity contribution in [3.05, 3.63) is 0 Å². The van der Waals surface area contributed by atoms with Gasteiger partial charge in [-0.15, -0.1) is 0 Å². The first-order valence-electron chi connectivity index (χ1n) is 7.38. The highest BCUT2D eigenvalue weighted by Gasteiger charge is 2.48. The van der Waals surface area contributed by atoms with Crippen molar-refractivity contribution in [2.75, 3.05) is 7.05 Å². The number of carboxylic acid groups (broad SMARTS) is 1. The second-order valence-electron chi connectivity index (χ2n) is 6.86. The number of hydrogen-bond donors (Lipinski definition) is 2. The summed E-state index contributed by atoms with van der Waals surface area (Å²) in [5.74, 6) is -0.702. The standard InChI is InChI=1S/C15H30N2O2/c1-7-14(4,5)17(6)12-8-9-15(10-12,13(18)19)16-11(2)3/h11-12,16H,7-10H2,1-6H3,(H,18,19). The van der Waals surface area contributed by atoms with E-state index in [0.29, 0.717) is 12.5 Å². The number of rotatable bonds is 6. The Labute approximate surface area is 117 Å². The zero-order chi connectivity index (χ0) is 14.8.